The van der Waals surface area contributed by atoms with Gasteiger partial charge in [0.25, 0.3) is 0 Å². The van der Waals surface area contributed by atoms with Gasteiger partial charge in [0.15, 0.2) is 0 Å². The lowest BCUT2D eigenvalue weighted by Gasteiger charge is -2.16. The molecular weight excluding hydrogens is 230 g/mol. The van der Waals surface area contributed by atoms with Crippen LogP contribution in [0.3, 0.4) is 0 Å². The fourth-order valence-corrected chi connectivity index (χ4v) is 2.01. The summed E-state index contributed by atoms with van der Waals surface area (Å²) in [7, 11) is 1.60. The van der Waals surface area contributed by atoms with E-state index in [1.807, 2.05) is 30.3 Å². The van der Waals surface area contributed by atoms with Crippen LogP contribution in [0.5, 0.6) is 5.75 Å². The van der Waals surface area contributed by atoms with Crippen LogP contribution in [0, 0.1) is 0 Å². The Hall–Kier alpha value is -2.23. The molecule has 1 aromatic heterocycles. The highest BCUT2D eigenvalue weighted by Crippen LogP contribution is 2.34. The third-order valence-electron chi connectivity index (χ3n) is 2.81. The SMILES string of the molecule is COc1ccccc1[C@H](CC(N)=O)c1ccco1. The molecule has 1 aromatic carbocycles. The number of hydrogen-bond donors (Lipinski definition) is 1. The zero-order valence-corrected chi connectivity index (χ0v) is 10.1. The van der Waals surface area contributed by atoms with E-state index >= 15 is 0 Å². The molecule has 2 rings (SSSR count). The second kappa shape index (κ2) is 5.40. The highest BCUT2D eigenvalue weighted by Gasteiger charge is 2.22. The van der Waals surface area contributed by atoms with Crippen LogP contribution in [0.25, 0.3) is 0 Å². The van der Waals surface area contributed by atoms with Crippen LogP contribution in [0.15, 0.2) is 47.1 Å². The van der Waals surface area contributed by atoms with Crippen LogP contribution in [-0.4, -0.2) is 13.0 Å². The summed E-state index contributed by atoms with van der Waals surface area (Å²) in [5.41, 5.74) is 6.20. The van der Waals surface area contributed by atoms with E-state index < -0.39 is 0 Å². The fraction of sp³-hybridized carbons (Fsp3) is 0.214. The minimum Gasteiger partial charge on any atom is -0.496 e. The van der Waals surface area contributed by atoms with E-state index in [2.05, 4.69) is 0 Å². The predicted molar refractivity (Wildman–Crippen MR) is 67.4 cm³/mol. The molecule has 1 heterocycles. The quantitative estimate of drug-likeness (QED) is 0.878. The van der Waals surface area contributed by atoms with Crippen LogP contribution < -0.4 is 10.5 Å². The molecule has 0 radical (unpaired) electrons. The number of carbonyl (C=O) groups excluding carboxylic acids is 1. The van der Waals surface area contributed by atoms with Crippen molar-refractivity contribution in [2.45, 2.75) is 12.3 Å². The van der Waals surface area contributed by atoms with Gasteiger partial charge < -0.3 is 14.9 Å². The summed E-state index contributed by atoms with van der Waals surface area (Å²) in [6.45, 7) is 0. The summed E-state index contributed by atoms with van der Waals surface area (Å²) >= 11 is 0. The van der Waals surface area contributed by atoms with Gasteiger partial charge in [-0.1, -0.05) is 18.2 Å². The largest absolute Gasteiger partial charge is 0.496 e. The van der Waals surface area contributed by atoms with Gasteiger partial charge >= 0.3 is 0 Å². The van der Waals surface area contributed by atoms with Gasteiger partial charge in [-0.15, -0.1) is 0 Å². The van der Waals surface area contributed by atoms with Crippen LogP contribution in [-0.2, 0) is 4.79 Å². The molecule has 0 aliphatic heterocycles. The molecule has 0 aliphatic rings. The van der Waals surface area contributed by atoms with E-state index in [1.165, 1.54) is 0 Å². The smallest absolute Gasteiger partial charge is 0.218 e. The monoisotopic (exact) mass is 245 g/mol. The number of amides is 1. The Morgan fingerprint density at radius 1 is 1.33 bits per heavy atom. The van der Waals surface area contributed by atoms with Gasteiger partial charge in [0.2, 0.25) is 5.91 Å². The van der Waals surface area contributed by atoms with Crippen LogP contribution in [0.1, 0.15) is 23.7 Å². The van der Waals surface area contributed by atoms with Gasteiger partial charge in [0, 0.05) is 12.0 Å². The molecule has 0 saturated heterocycles. The summed E-state index contributed by atoms with van der Waals surface area (Å²) in [5.74, 6) is 0.842. The Morgan fingerprint density at radius 3 is 2.72 bits per heavy atom. The van der Waals surface area contributed by atoms with E-state index in [4.69, 9.17) is 14.9 Å². The molecular formula is C14H15NO3. The van der Waals surface area contributed by atoms with E-state index in [-0.39, 0.29) is 18.2 Å². The molecule has 0 fully saturated rings. The highest BCUT2D eigenvalue weighted by atomic mass is 16.5. The van der Waals surface area contributed by atoms with Gasteiger partial charge in [-0.25, -0.2) is 0 Å². The molecule has 0 spiro atoms. The molecule has 4 nitrogen and oxygen atoms in total. The third kappa shape index (κ3) is 2.53. The van der Waals surface area contributed by atoms with Crippen molar-refractivity contribution in [2.75, 3.05) is 7.11 Å². The number of para-hydroxylation sites is 1. The second-order valence-electron chi connectivity index (χ2n) is 3.98. The number of primary amides is 1. The van der Waals surface area contributed by atoms with Crippen molar-refractivity contribution in [3.05, 3.63) is 54.0 Å². The maximum atomic E-state index is 11.2. The maximum Gasteiger partial charge on any atom is 0.218 e. The molecule has 0 bridgehead atoms. The van der Waals surface area contributed by atoms with Crippen molar-refractivity contribution in [1.29, 1.82) is 0 Å². The first-order valence-electron chi connectivity index (χ1n) is 5.67. The van der Waals surface area contributed by atoms with E-state index in [0.29, 0.717) is 5.76 Å². The number of hydrogen-bond acceptors (Lipinski definition) is 3. The number of rotatable bonds is 5. The zero-order valence-electron chi connectivity index (χ0n) is 10.1. The topological polar surface area (TPSA) is 65.5 Å². The van der Waals surface area contributed by atoms with Gasteiger partial charge in [-0.3, -0.25) is 4.79 Å². The molecule has 94 valence electrons. The molecule has 4 heteroatoms. The number of ether oxygens (including phenoxy) is 1. The molecule has 18 heavy (non-hydrogen) atoms. The van der Waals surface area contributed by atoms with Crippen LogP contribution >= 0.6 is 0 Å². The number of benzene rings is 1. The van der Waals surface area contributed by atoms with Crippen LogP contribution in [0.2, 0.25) is 0 Å². The first-order valence-corrected chi connectivity index (χ1v) is 5.67. The highest BCUT2D eigenvalue weighted by molar-refractivity contribution is 5.75. The van der Waals surface area contributed by atoms with Crippen molar-refractivity contribution in [1.82, 2.24) is 0 Å². The Bertz CT molecular complexity index is 520. The van der Waals surface area contributed by atoms with Gasteiger partial charge in [0.05, 0.1) is 19.3 Å². The normalized spacial score (nSPS) is 12.1. The third-order valence-corrected chi connectivity index (χ3v) is 2.81. The summed E-state index contributed by atoms with van der Waals surface area (Å²) in [6, 6.07) is 11.2. The molecule has 2 aromatic rings. The number of methoxy groups -OCH3 is 1. The van der Waals surface area contributed by atoms with Gasteiger partial charge in [0.1, 0.15) is 11.5 Å². The lowest BCUT2D eigenvalue weighted by Crippen LogP contribution is -2.16. The standard InChI is InChI=1S/C14H15NO3/c1-17-12-6-3-2-5-10(12)11(9-14(15)16)13-7-4-8-18-13/h2-8,11H,9H2,1H3,(H2,15,16)/t11-/m0/s1. The predicted octanol–water partition coefficient (Wildman–Crippen LogP) is 2.30. The van der Waals surface area contributed by atoms with Gasteiger partial charge in [-0.2, -0.15) is 0 Å². The average Bonchev–Trinajstić information content (AvgIpc) is 2.89. The Labute approximate surface area is 105 Å². The number of furan rings is 1. The first-order chi connectivity index (χ1) is 8.72. The fourth-order valence-electron chi connectivity index (χ4n) is 2.01. The lowest BCUT2D eigenvalue weighted by molar-refractivity contribution is -0.118. The van der Waals surface area contributed by atoms with Gasteiger partial charge in [-0.05, 0) is 18.2 Å². The van der Waals surface area contributed by atoms with Crippen LogP contribution in [0.4, 0.5) is 0 Å². The molecule has 1 amide bonds. The van der Waals surface area contributed by atoms with E-state index in [1.54, 1.807) is 19.4 Å². The lowest BCUT2D eigenvalue weighted by atomic mass is 9.92. The second-order valence-corrected chi connectivity index (χ2v) is 3.98. The number of nitrogens with two attached hydrogens (primary N) is 1. The van der Waals surface area contributed by atoms with Crippen molar-refractivity contribution in [3.63, 3.8) is 0 Å². The minimum atomic E-state index is -0.373. The molecule has 0 saturated carbocycles. The van der Waals surface area contributed by atoms with Crippen molar-refractivity contribution >= 4 is 5.91 Å². The summed E-state index contributed by atoms with van der Waals surface area (Å²) in [5, 5.41) is 0. The Kier molecular flexibility index (Phi) is 3.67. The number of carbonyl (C=O) groups is 1. The van der Waals surface area contributed by atoms with Crippen molar-refractivity contribution in [2.24, 2.45) is 5.73 Å². The molecule has 1 atom stereocenters. The van der Waals surface area contributed by atoms with Crippen molar-refractivity contribution in [3.8, 4) is 5.75 Å². The molecule has 0 aliphatic carbocycles. The Balaban J connectivity index is 2.43. The Morgan fingerprint density at radius 2 is 2.11 bits per heavy atom. The summed E-state index contributed by atoms with van der Waals surface area (Å²) in [6.07, 6.45) is 1.77. The zero-order chi connectivity index (χ0) is 13.0. The average molecular weight is 245 g/mol. The summed E-state index contributed by atoms with van der Waals surface area (Å²) in [4.78, 5) is 11.2. The van der Waals surface area contributed by atoms with Crippen molar-refractivity contribution < 1.29 is 13.9 Å². The molecule has 0 unspecified atom stereocenters. The molecule has 2 N–H and O–H groups in total. The first kappa shape index (κ1) is 12.2. The maximum absolute atomic E-state index is 11.2. The summed E-state index contributed by atoms with van der Waals surface area (Å²) < 4.78 is 10.7. The van der Waals surface area contributed by atoms with E-state index in [0.717, 1.165) is 11.3 Å². The van der Waals surface area contributed by atoms with E-state index in [9.17, 15) is 4.79 Å². The minimum absolute atomic E-state index is 0.188.